The normalized spacial score (nSPS) is 10.5. The Balaban J connectivity index is 1.89. The monoisotopic (exact) mass is 296 g/mol. The third kappa shape index (κ3) is 3.35. The third-order valence-electron chi connectivity index (χ3n) is 2.31. The lowest BCUT2D eigenvalue weighted by Crippen LogP contribution is -1.94. The van der Waals surface area contributed by atoms with Crippen LogP contribution in [-0.2, 0) is 18.0 Å². The molecule has 0 saturated carbocycles. The molecule has 0 aliphatic heterocycles. The van der Waals surface area contributed by atoms with Gasteiger partial charge in [-0.05, 0) is 45.8 Å². The molecular formula is C13H13BrO3. The highest BCUT2D eigenvalue weighted by molar-refractivity contribution is 9.10. The fourth-order valence-corrected chi connectivity index (χ4v) is 2.05. The molecule has 0 atom stereocenters. The Morgan fingerprint density at radius 1 is 1.24 bits per heavy atom. The smallest absolute Gasteiger partial charge is 0.133 e. The lowest BCUT2D eigenvalue weighted by molar-refractivity contribution is 0.0929. The van der Waals surface area contributed by atoms with E-state index in [4.69, 9.17) is 13.9 Å². The summed E-state index contributed by atoms with van der Waals surface area (Å²) in [5.41, 5.74) is 1.09. The SMILES string of the molecule is COc1ccc(COCc2ccco2)cc1Br. The van der Waals surface area contributed by atoms with E-state index in [2.05, 4.69) is 15.9 Å². The molecule has 17 heavy (non-hydrogen) atoms. The number of halogens is 1. The minimum atomic E-state index is 0.483. The van der Waals surface area contributed by atoms with E-state index in [1.165, 1.54) is 0 Å². The van der Waals surface area contributed by atoms with Gasteiger partial charge in [-0.3, -0.25) is 0 Å². The van der Waals surface area contributed by atoms with Gasteiger partial charge in [0.25, 0.3) is 0 Å². The number of ether oxygens (including phenoxy) is 2. The minimum absolute atomic E-state index is 0.483. The molecule has 1 aromatic carbocycles. The average molecular weight is 297 g/mol. The van der Waals surface area contributed by atoms with Crippen LogP contribution in [0, 0.1) is 0 Å². The highest BCUT2D eigenvalue weighted by Crippen LogP contribution is 2.25. The summed E-state index contributed by atoms with van der Waals surface area (Å²) < 4.78 is 16.8. The molecule has 0 unspecified atom stereocenters. The second-order valence-corrected chi connectivity index (χ2v) is 4.40. The summed E-state index contributed by atoms with van der Waals surface area (Å²) >= 11 is 3.44. The molecule has 0 radical (unpaired) electrons. The lowest BCUT2D eigenvalue weighted by Gasteiger charge is -2.06. The second kappa shape index (κ2) is 5.89. The minimum Gasteiger partial charge on any atom is -0.496 e. The Morgan fingerprint density at radius 3 is 2.76 bits per heavy atom. The molecule has 90 valence electrons. The third-order valence-corrected chi connectivity index (χ3v) is 2.93. The van der Waals surface area contributed by atoms with Crippen molar-refractivity contribution in [2.45, 2.75) is 13.2 Å². The summed E-state index contributed by atoms with van der Waals surface area (Å²) in [5, 5.41) is 0. The molecule has 1 aromatic heterocycles. The highest BCUT2D eigenvalue weighted by Gasteiger charge is 2.02. The molecule has 0 spiro atoms. The van der Waals surface area contributed by atoms with E-state index in [-0.39, 0.29) is 0 Å². The van der Waals surface area contributed by atoms with E-state index in [1.807, 2.05) is 30.3 Å². The summed E-state index contributed by atoms with van der Waals surface area (Å²) in [4.78, 5) is 0. The first-order chi connectivity index (χ1) is 8.29. The van der Waals surface area contributed by atoms with Crippen LogP contribution in [0.15, 0.2) is 45.5 Å². The van der Waals surface area contributed by atoms with Gasteiger partial charge >= 0.3 is 0 Å². The highest BCUT2D eigenvalue weighted by atomic mass is 79.9. The van der Waals surface area contributed by atoms with Gasteiger partial charge < -0.3 is 13.9 Å². The van der Waals surface area contributed by atoms with Crippen LogP contribution < -0.4 is 4.74 Å². The largest absolute Gasteiger partial charge is 0.496 e. The Kier molecular flexibility index (Phi) is 4.23. The Hall–Kier alpha value is -1.26. The molecule has 0 fully saturated rings. The van der Waals surface area contributed by atoms with Gasteiger partial charge in [-0.2, -0.15) is 0 Å². The number of benzene rings is 1. The van der Waals surface area contributed by atoms with E-state index < -0.39 is 0 Å². The number of methoxy groups -OCH3 is 1. The Labute approximate surface area is 108 Å². The summed E-state index contributed by atoms with van der Waals surface area (Å²) in [7, 11) is 1.65. The van der Waals surface area contributed by atoms with Crippen molar-refractivity contribution in [3.05, 3.63) is 52.4 Å². The zero-order valence-electron chi connectivity index (χ0n) is 9.48. The number of hydrogen-bond donors (Lipinski definition) is 0. The second-order valence-electron chi connectivity index (χ2n) is 3.54. The summed E-state index contributed by atoms with van der Waals surface area (Å²) in [6.07, 6.45) is 1.64. The van der Waals surface area contributed by atoms with E-state index >= 15 is 0 Å². The zero-order valence-corrected chi connectivity index (χ0v) is 11.1. The van der Waals surface area contributed by atoms with Crippen molar-refractivity contribution < 1.29 is 13.9 Å². The Bertz CT molecular complexity index is 466. The van der Waals surface area contributed by atoms with Crippen molar-refractivity contribution >= 4 is 15.9 Å². The first-order valence-corrected chi connectivity index (χ1v) is 6.01. The van der Waals surface area contributed by atoms with Crippen LogP contribution in [-0.4, -0.2) is 7.11 Å². The quantitative estimate of drug-likeness (QED) is 0.842. The standard InChI is InChI=1S/C13H13BrO3/c1-15-13-5-4-10(7-12(13)14)8-16-9-11-3-2-6-17-11/h2-7H,8-9H2,1H3. The maximum absolute atomic E-state index is 5.54. The van der Waals surface area contributed by atoms with Crippen LogP contribution in [0.5, 0.6) is 5.75 Å². The van der Waals surface area contributed by atoms with Gasteiger partial charge in [-0.25, -0.2) is 0 Å². The van der Waals surface area contributed by atoms with Crippen molar-refractivity contribution in [2.75, 3.05) is 7.11 Å². The van der Waals surface area contributed by atoms with Crippen LogP contribution in [0.25, 0.3) is 0 Å². The van der Waals surface area contributed by atoms with Crippen molar-refractivity contribution in [3.8, 4) is 5.75 Å². The molecule has 4 heteroatoms. The zero-order chi connectivity index (χ0) is 12.1. The van der Waals surface area contributed by atoms with Gasteiger partial charge in [0, 0.05) is 0 Å². The van der Waals surface area contributed by atoms with Gasteiger partial charge in [-0.15, -0.1) is 0 Å². The molecule has 2 rings (SSSR count). The molecule has 0 N–H and O–H groups in total. The summed E-state index contributed by atoms with van der Waals surface area (Å²) in [6, 6.07) is 9.62. The van der Waals surface area contributed by atoms with E-state index in [9.17, 15) is 0 Å². The van der Waals surface area contributed by atoms with Crippen LogP contribution >= 0.6 is 15.9 Å². The van der Waals surface area contributed by atoms with Crippen LogP contribution in [0.3, 0.4) is 0 Å². The molecule has 0 saturated heterocycles. The van der Waals surface area contributed by atoms with Gasteiger partial charge in [0.15, 0.2) is 0 Å². The van der Waals surface area contributed by atoms with Crippen LogP contribution in [0.1, 0.15) is 11.3 Å². The maximum atomic E-state index is 5.54. The summed E-state index contributed by atoms with van der Waals surface area (Å²) in [6.45, 7) is 1.03. The Morgan fingerprint density at radius 2 is 2.12 bits per heavy atom. The van der Waals surface area contributed by atoms with Gasteiger partial charge in [0.05, 0.1) is 24.5 Å². The van der Waals surface area contributed by atoms with Gasteiger partial charge in [0.1, 0.15) is 18.1 Å². The van der Waals surface area contributed by atoms with E-state index in [0.717, 1.165) is 21.5 Å². The molecule has 0 aliphatic rings. The average Bonchev–Trinajstić information content (AvgIpc) is 2.82. The molecule has 2 aromatic rings. The van der Waals surface area contributed by atoms with Crippen LogP contribution in [0.2, 0.25) is 0 Å². The maximum Gasteiger partial charge on any atom is 0.133 e. The van der Waals surface area contributed by atoms with Crippen molar-refractivity contribution in [2.24, 2.45) is 0 Å². The summed E-state index contributed by atoms with van der Waals surface area (Å²) in [5.74, 6) is 1.65. The molecule has 0 bridgehead atoms. The molecular weight excluding hydrogens is 284 g/mol. The lowest BCUT2D eigenvalue weighted by atomic mass is 10.2. The molecule has 0 amide bonds. The van der Waals surface area contributed by atoms with E-state index in [1.54, 1.807) is 13.4 Å². The fourth-order valence-electron chi connectivity index (χ4n) is 1.46. The topological polar surface area (TPSA) is 31.6 Å². The fraction of sp³-hybridized carbons (Fsp3) is 0.231. The molecule has 3 nitrogen and oxygen atoms in total. The van der Waals surface area contributed by atoms with Crippen molar-refractivity contribution in [3.63, 3.8) is 0 Å². The first kappa shape index (κ1) is 12.2. The number of furan rings is 1. The van der Waals surface area contributed by atoms with E-state index in [0.29, 0.717) is 13.2 Å². The molecule has 1 heterocycles. The molecule has 0 aliphatic carbocycles. The number of rotatable bonds is 5. The van der Waals surface area contributed by atoms with Crippen LogP contribution in [0.4, 0.5) is 0 Å². The van der Waals surface area contributed by atoms with Gasteiger partial charge in [-0.1, -0.05) is 6.07 Å². The predicted octanol–water partition coefficient (Wildman–Crippen LogP) is 3.77. The van der Waals surface area contributed by atoms with Crippen molar-refractivity contribution in [1.29, 1.82) is 0 Å². The van der Waals surface area contributed by atoms with Gasteiger partial charge in [0.2, 0.25) is 0 Å². The number of hydrogen-bond acceptors (Lipinski definition) is 3. The van der Waals surface area contributed by atoms with Crippen molar-refractivity contribution in [1.82, 2.24) is 0 Å². The predicted molar refractivity (Wildman–Crippen MR) is 67.9 cm³/mol. The first-order valence-electron chi connectivity index (χ1n) is 5.22.